The molecule has 3 N–H and O–H groups in total. The molecule has 1 aliphatic rings. The molecule has 15 heavy (non-hydrogen) atoms. The van der Waals surface area contributed by atoms with E-state index in [1.165, 1.54) is 6.92 Å². The highest BCUT2D eigenvalue weighted by Crippen LogP contribution is 2.08. The second-order valence-electron chi connectivity index (χ2n) is 3.69. The molecule has 2 amide bonds. The Kier molecular flexibility index (Phi) is 3.65. The minimum absolute atomic E-state index is 0.0961. The van der Waals surface area contributed by atoms with Gasteiger partial charge in [-0.3, -0.25) is 14.4 Å². The zero-order valence-corrected chi connectivity index (χ0v) is 8.45. The van der Waals surface area contributed by atoms with Crippen LogP contribution in [0.4, 0.5) is 0 Å². The highest BCUT2D eigenvalue weighted by Gasteiger charge is 2.28. The average molecular weight is 214 g/mol. The van der Waals surface area contributed by atoms with E-state index in [-0.39, 0.29) is 30.7 Å². The molecule has 0 radical (unpaired) electrons. The van der Waals surface area contributed by atoms with Crippen molar-refractivity contribution in [3.63, 3.8) is 0 Å². The van der Waals surface area contributed by atoms with Crippen molar-refractivity contribution in [3.8, 4) is 0 Å². The van der Waals surface area contributed by atoms with Crippen LogP contribution in [0, 0.1) is 11.8 Å². The van der Waals surface area contributed by atoms with E-state index in [4.69, 9.17) is 5.11 Å². The lowest BCUT2D eigenvalue weighted by Gasteiger charge is -2.11. The van der Waals surface area contributed by atoms with E-state index in [1.807, 2.05) is 0 Å². The Balaban J connectivity index is 2.30. The standard InChI is InChI=1S/C9H14N2O4/c1-5(9(14)15)3-11-8(13)6-2-7(12)10-4-6/h5-6H,2-4H2,1H3,(H,10,12)(H,11,13)(H,14,15). The summed E-state index contributed by atoms with van der Waals surface area (Å²) in [4.78, 5) is 32.7. The summed E-state index contributed by atoms with van der Waals surface area (Å²) in [6, 6.07) is 0. The smallest absolute Gasteiger partial charge is 0.308 e. The molecule has 0 saturated carbocycles. The van der Waals surface area contributed by atoms with Gasteiger partial charge >= 0.3 is 5.97 Å². The van der Waals surface area contributed by atoms with E-state index < -0.39 is 11.9 Å². The molecule has 6 heteroatoms. The first-order valence-electron chi connectivity index (χ1n) is 4.78. The molecule has 0 bridgehead atoms. The number of carbonyl (C=O) groups excluding carboxylic acids is 2. The van der Waals surface area contributed by atoms with Crippen molar-refractivity contribution in [3.05, 3.63) is 0 Å². The monoisotopic (exact) mass is 214 g/mol. The lowest BCUT2D eigenvalue weighted by Crippen LogP contribution is -2.36. The maximum Gasteiger partial charge on any atom is 0.308 e. The van der Waals surface area contributed by atoms with Gasteiger partial charge in [-0.25, -0.2) is 0 Å². The lowest BCUT2D eigenvalue weighted by atomic mass is 10.1. The van der Waals surface area contributed by atoms with Crippen LogP contribution >= 0.6 is 0 Å². The third-order valence-corrected chi connectivity index (χ3v) is 2.35. The zero-order chi connectivity index (χ0) is 11.4. The third-order valence-electron chi connectivity index (χ3n) is 2.35. The van der Waals surface area contributed by atoms with Crippen molar-refractivity contribution in [2.75, 3.05) is 13.1 Å². The molecule has 0 aromatic carbocycles. The molecule has 1 heterocycles. The van der Waals surface area contributed by atoms with Gasteiger partial charge in [0.05, 0.1) is 11.8 Å². The second-order valence-corrected chi connectivity index (χ2v) is 3.69. The van der Waals surface area contributed by atoms with Crippen LogP contribution in [0.25, 0.3) is 0 Å². The fourth-order valence-corrected chi connectivity index (χ4v) is 1.28. The van der Waals surface area contributed by atoms with Gasteiger partial charge in [0.15, 0.2) is 0 Å². The molecular weight excluding hydrogens is 200 g/mol. The minimum atomic E-state index is -0.948. The zero-order valence-electron chi connectivity index (χ0n) is 8.45. The van der Waals surface area contributed by atoms with Gasteiger partial charge in [0.2, 0.25) is 11.8 Å². The minimum Gasteiger partial charge on any atom is -0.481 e. The van der Waals surface area contributed by atoms with E-state index in [0.29, 0.717) is 6.54 Å². The van der Waals surface area contributed by atoms with Crippen LogP contribution in [0.2, 0.25) is 0 Å². The largest absolute Gasteiger partial charge is 0.481 e. The summed E-state index contributed by atoms with van der Waals surface area (Å²) in [6.45, 7) is 1.95. The number of hydrogen-bond donors (Lipinski definition) is 3. The van der Waals surface area contributed by atoms with Gasteiger partial charge < -0.3 is 15.7 Å². The molecule has 0 aliphatic carbocycles. The number of aliphatic carboxylic acids is 1. The summed E-state index contributed by atoms with van der Waals surface area (Å²) < 4.78 is 0. The normalized spacial score (nSPS) is 21.9. The van der Waals surface area contributed by atoms with Crippen LogP contribution < -0.4 is 10.6 Å². The first-order chi connectivity index (χ1) is 7.00. The molecule has 0 aromatic rings. The average Bonchev–Trinajstić information content (AvgIpc) is 2.60. The van der Waals surface area contributed by atoms with Crippen molar-refractivity contribution in [2.45, 2.75) is 13.3 Å². The molecular formula is C9H14N2O4. The molecule has 84 valence electrons. The molecule has 1 fully saturated rings. The van der Waals surface area contributed by atoms with Crippen molar-refractivity contribution >= 4 is 17.8 Å². The Hall–Kier alpha value is -1.59. The van der Waals surface area contributed by atoms with Crippen molar-refractivity contribution in [1.82, 2.24) is 10.6 Å². The van der Waals surface area contributed by atoms with Gasteiger partial charge in [-0.05, 0) is 0 Å². The second kappa shape index (κ2) is 4.77. The van der Waals surface area contributed by atoms with Crippen molar-refractivity contribution < 1.29 is 19.5 Å². The Morgan fingerprint density at radius 3 is 2.80 bits per heavy atom. The molecule has 2 atom stereocenters. The van der Waals surface area contributed by atoms with Gasteiger partial charge in [-0.1, -0.05) is 6.92 Å². The van der Waals surface area contributed by atoms with Crippen LogP contribution in [0.1, 0.15) is 13.3 Å². The SMILES string of the molecule is CC(CNC(=O)C1CNC(=O)C1)C(=O)O. The first kappa shape index (κ1) is 11.5. The summed E-state index contributed by atoms with van der Waals surface area (Å²) in [5.41, 5.74) is 0. The van der Waals surface area contributed by atoms with Gasteiger partial charge in [-0.2, -0.15) is 0 Å². The molecule has 1 saturated heterocycles. The number of nitrogens with one attached hydrogen (secondary N) is 2. The molecule has 2 unspecified atom stereocenters. The summed E-state index contributed by atoms with van der Waals surface area (Å²) in [5.74, 6) is -2.32. The van der Waals surface area contributed by atoms with Crippen LogP contribution in [-0.4, -0.2) is 36.0 Å². The Labute approximate surface area is 87.0 Å². The van der Waals surface area contributed by atoms with Crippen LogP contribution in [0.15, 0.2) is 0 Å². The van der Waals surface area contributed by atoms with E-state index in [1.54, 1.807) is 0 Å². The molecule has 0 aromatic heterocycles. The van der Waals surface area contributed by atoms with Gasteiger partial charge in [0, 0.05) is 19.5 Å². The predicted octanol–water partition coefficient (Wildman–Crippen LogP) is -1.04. The molecule has 6 nitrogen and oxygen atoms in total. The highest BCUT2D eigenvalue weighted by atomic mass is 16.4. The van der Waals surface area contributed by atoms with Crippen LogP contribution in [0.3, 0.4) is 0 Å². The third kappa shape index (κ3) is 3.23. The quantitative estimate of drug-likeness (QED) is 0.557. The van der Waals surface area contributed by atoms with Gasteiger partial charge in [-0.15, -0.1) is 0 Å². The van der Waals surface area contributed by atoms with Crippen molar-refractivity contribution in [1.29, 1.82) is 0 Å². The number of amides is 2. The van der Waals surface area contributed by atoms with E-state index in [0.717, 1.165) is 0 Å². The topological polar surface area (TPSA) is 95.5 Å². The Bertz CT molecular complexity index is 290. The van der Waals surface area contributed by atoms with Crippen molar-refractivity contribution in [2.24, 2.45) is 11.8 Å². The number of carboxylic acid groups (broad SMARTS) is 1. The van der Waals surface area contributed by atoms with E-state index >= 15 is 0 Å². The van der Waals surface area contributed by atoms with Crippen LogP contribution in [0.5, 0.6) is 0 Å². The predicted molar refractivity (Wildman–Crippen MR) is 50.9 cm³/mol. The lowest BCUT2D eigenvalue weighted by molar-refractivity contribution is -0.141. The molecule has 1 rings (SSSR count). The number of carbonyl (C=O) groups is 3. The summed E-state index contributed by atoms with van der Waals surface area (Å²) in [5, 5.41) is 13.6. The highest BCUT2D eigenvalue weighted by molar-refractivity contribution is 5.89. The van der Waals surface area contributed by atoms with Gasteiger partial charge in [0.25, 0.3) is 0 Å². The number of carboxylic acids is 1. The molecule has 1 aliphatic heterocycles. The maximum absolute atomic E-state index is 11.4. The summed E-state index contributed by atoms with van der Waals surface area (Å²) in [7, 11) is 0. The first-order valence-corrected chi connectivity index (χ1v) is 4.78. The molecule has 0 spiro atoms. The Morgan fingerprint density at radius 1 is 1.67 bits per heavy atom. The van der Waals surface area contributed by atoms with E-state index in [2.05, 4.69) is 10.6 Å². The summed E-state index contributed by atoms with van der Waals surface area (Å²) in [6.07, 6.45) is 0.188. The maximum atomic E-state index is 11.4. The van der Waals surface area contributed by atoms with E-state index in [9.17, 15) is 14.4 Å². The van der Waals surface area contributed by atoms with Gasteiger partial charge in [0.1, 0.15) is 0 Å². The van der Waals surface area contributed by atoms with Crippen LogP contribution in [-0.2, 0) is 14.4 Å². The summed E-state index contributed by atoms with van der Waals surface area (Å²) >= 11 is 0. The fraction of sp³-hybridized carbons (Fsp3) is 0.667. The number of rotatable bonds is 4. The fourth-order valence-electron chi connectivity index (χ4n) is 1.28. The Morgan fingerprint density at radius 2 is 2.33 bits per heavy atom. The number of hydrogen-bond acceptors (Lipinski definition) is 3.